The molecule has 0 aromatic heterocycles. The second kappa shape index (κ2) is 9.57. The molecule has 3 rings (SSSR count). The summed E-state index contributed by atoms with van der Waals surface area (Å²) in [7, 11) is -3.70. The first-order chi connectivity index (χ1) is 14.3. The topological polar surface area (TPSA) is 75.7 Å². The maximum atomic E-state index is 13.1. The standard InChI is InChI=1S/C22H27FN2O4S/c1-3-29-21-11-10-20(13-16(21)2)30(27,28)25-12-4-5-18(15-25)22(26)24-14-17-6-8-19(23)9-7-17/h6-11,13,18H,3-5,12,14-15H2,1-2H3,(H,24,26). The fraction of sp³-hybridized carbons (Fsp3) is 0.409. The Bertz CT molecular complexity index is 993. The Kier molecular flexibility index (Phi) is 7.10. The number of nitrogens with one attached hydrogen (secondary N) is 1. The molecule has 1 saturated heterocycles. The number of benzene rings is 2. The first kappa shape index (κ1) is 22.2. The number of carbonyl (C=O) groups is 1. The van der Waals surface area contributed by atoms with Crippen LogP contribution in [0.15, 0.2) is 47.4 Å². The van der Waals surface area contributed by atoms with Crippen molar-refractivity contribution in [3.05, 3.63) is 59.4 Å². The first-order valence-corrected chi connectivity index (χ1v) is 11.5. The van der Waals surface area contributed by atoms with Crippen LogP contribution >= 0.6 is 0 Å². The number of piperidine rings is 1. The number of sulfonamides is 1. The quantitative estimate of drug-likeness (QED) is 0.726. The molecule has 162 valence electrons. The van der Waals surface area contributed by atoms with Crippen molar-refractivity contribution in [3.8, 4) is 5.75 Å². The molecular weight excluding hydrogens is 407 g/mol. The summed E-state index contributed by atoms with van der Waals surface area (Å²) in [5, 5.41) is 2.83. The van der Waals surface area contributed by atoms with E-state index in [1.807, 2.05) is 13.8 Å². The molecule has 6 nitrogen and oxygen atoms in total. The highest BCUT2D eigenvalue weighted by molar-refractivity contribution is 7.89. The SMILES string of the molecule is CCOc1ccc(S(=O)(=O)N2CCCC(C(=O)NCc3ccc(F)cc3)C2)cc1C. The Morgan fingerprint density at radius 3 is 2.63 bits per heavy atom. The molecular formula is C22H27FN2O4S. The molecule has 1 N–H and O–H groups in total. The van der Waals surface area contributed by atoms with Crippen LogP contribution in [0.2, 0.25) is 0 Å². The molecule has 1 atom stereocenters. The van der Waals surface area contributed by atoms with Crippen LogP contribution in [-0.4, -0.2) is 38.3 Å². The van der Waals surface area contributed by atoms with Gasteiger partial charge in [-0.3, -0.25) is 4.79 Å². The minimum absolute atomic E-state index is 0.143. The predicted molar refractivity (Wildman–Crippen MR) is 112 cm³/mol. The van der Waals surface area contributed by atoms with E-state index in [0.29, 0.717) is 31.7 Å². The summed E-state index contributed by atoms with van der Waals surface area (Å²) < 4.78 is 46.1. The van der Waals surface area contributed by atoms with E-state index in [9.17, 15) is 17.6 Å². The van der Waals surface area contributed by atoms with Crippen LogP contribution in [0, 0.1) is 18.7 Å². The third-order valence-electron chi connectivity index (χ3n) is 5.22. The molecule has 0 aliphatic carbocycles. The van der Waals surface area contributed by atoms with Crippen molar-refractivity contribution in [2.75, 3.05) is 19.7 Å². The van der Waals surface area contributed by atoms with E-state index in [0.717, 1.165) is 11.1 Å². The average Bonchev–Trinajstić information content (AvgIpc) is 2.74. The van der Waals surface area contributed by atoms with Gasteiger partial charge in [0.15, 0.2) is 0 Å². The normalized spacial score (nSPS) is 17.5. The summed E-state index contributed by atoms with van der Waals surface area (Å²) in [5.74, 6) is -0.282. The summed E-state index contributed by atoms with van der Waals surface area (Å²) in [6.45, 7) is 5.00. The maximum absolute atomic E-state index is 13.1. The van der Waals surface area contributed by atoms with Crippen LogP contribution in [-0.2, 0) is 21.4 Å². The van der Waals surface area contributed by atoms with Gasteiger partial charge in [-0.15, -0.1) is 0 Å². The molecule has 2 aromatic carbocycles. The van der Waals surface area contributed by atoms with Gasteiger partial charge in [-0.1, -0.05) is 12.1 Å². The summed E-state index contributed by atoms with van der Waals surface area (Å²) >= 11 is 0. The van der Waals surface area contributed by atoms with Gasteiger partial charge in [0, 0.05) is 19.6 Å². The minimum atomic E-state index is -3.70. The zero-order valence-electron chi connectivity index (χ0n) is 17.2. The van der Waals surface area contributed by atoms with Crippen molar-refractivity contribution in [2.45, 2.75) is 38.1 Å². The van der Waals surface area contributed by atoms with Gasteiger partial charge in [-0.25, -0.2) is 12.8 Å². The molecule has 1 aliphatic heterocycles. The number of ether oxygens (including phenoxy) is 1. The Labute approximate surface area is 177 Å². The van der Waals surface area contributed by atoms with Gasteiger partial charge in [0.1, 0.15) is 11.6 Å². The van der Waals surface area contributed by atoms with E-state index in [4.69, 9.17) is 4.74 Å². The molecule has 1 aliphatic rings. The molecule has 1 fully saturated rings. The van der Waals surface area contributed by atoms with Crippen molar-refractivity contribution in [2.24, 2.45) is 5.92 Å². The Balaban J connectivity index is 1.66. The number of aryl methyl sites for hydroxylation is 1. The highest BCUT2D eigenvalue weighted by Crippen LogP contribution is 2.27. The molecule has 2 aromatic rings. The molecule has 8 heteroatoms. The van der Waals surface area contributed by atoms with Crippen molar-refractivity contribution in [3.63, 3.8) is 0 Å². The van der Waals surface area contributed by atoms with Gasteiger partial charge in [0.25, 0.3) is 0 Å². The fourth-order valence-electron chi connectivity index (χ4n) is 3.56. The highest BCUT2D eigenvalue weighted by Gasteiger charge is 2.33. The van der Waals surface area contributed by atoms with Crippen LogP contribution in [0.4, 0.5) is 4.39 Å². The zero-order chi connectivity index (χ0) is 21.7. The highest BCUT2D eigenvalue weighted by atomic mass is 32.2. The number of amides is 1. The number of carbonyl (C=O) groups excluding carboxylic acids is 1. The Morgan fingerprint density at radius 2 is 1.97 bits per heavy atom. The van der Waals surface area contributed by atoms with Gasteiger partial charge in [-0.2, -0.15) is 4.31 Å². The lowest BCUT2D eigenvalue weighted by Gasteiger charge is -2.31. The smallest absolute Gasteiger partial charge is 0.243 e. The van der Waals surface area contributed by atoms with E-state index in [1.54, 1.807) is 30.3 Å². The molecule has 1 heterocycles. The lowest BCUT2D eigenvalue weighted by molar-refractivity contribution is -0.126. The Hall–Kier alpha value is -2.45. The van der Waals surface area contributed by atoms with E-state index < -0.39 is 15.9 Å². The van der Waals surface area contributed by atoms with Gasteiger partial charge in [-0.05, 0) is 68.1 Å². The number of halogens is 1. The van der Waals surface area contributed by atoms with Gasteiger partial charge < -0.3 is 10.1 Å². The van der Waals surface area contributed by atoms with Gasteiger partial charge in [0.05, 0.1) is 17.4 Å². The largest absolute Gasteiger partial charge is 0.494 e. The molecule has 0 spiro atoms. The first-order valence-electron chi connectivity index (χ1n) is 10.1. The average molecular weight is 435 g/mol. The Morgan fingerprint density at radius 1 is 1.23 bits per heavy atom. The molecule has 0 radical (unpaired) electrons. The van der Waals surface area contributed by atoms with E-state index >= 15 is 0 Å². The van der Waals surface area contributed by atoms with E-state index in [-0.39, 0.29) is 29.7 Å². The van der Waals surface area contributed by atoms with Crippen molar-refractivity contribution < 1.29 is 22.3 Å². The number of nitrogens with zero attached hydrogens (tertiary/aromatic N) is 1. The van der Waals surface area contributed by atoms with Crippen molar-refractivity contribution in [1.29, 1.82) is 0 Å². The van der Waals surface area contributed by atoms with Crippen LogP contribution in [0.1, 0.15) is 30.9 Å². The third-order valence-corrected chi connectivity index (χ3v) is 7.08. The maximum Gasteiger partial charge on any atom is 0.243 e. The molecule has 30 heavy (non-hydrogen) atoms. The molecule has 0 saturated carbocycles. The fourth-order valence-corrected chi connectivity index (χ4v) is 5.17. The van der Waals surface area contributed by atoms with Crippen LogP contribution < -0.4 is 10.1 Å². The molecule has 0 bridgehead atoms. The van der Waals surface area contributed by atoms with Gasteiger partial charge >= 0.3 is 0 Å². The summed E-state index contributed by atoms with van der Waals surface area (Å²) in [4.78, 5) is 12.8. The second-order valence-corrected chi connectivity index (χ2v) is 9.34. The van der Waals surface area contributed by atoms with Crippen molar-refractivity contribution in [1.82, 2.24) is 9.62 Å². The second-order valence-electron chi connectivity index (χ2n) is 7.41. The van der Waals surface area contributed by atoms with Crippen LogP contribution in [0.25, 0.3) is 0 Å². The lowest BCUT2D eigenvalue weighted by atomic mass is 9.99. The number of hydrogen-bond acceptors (Lipinski definition) is 4. The monoisotopic (exact) mass is 434 g/mol. The lowest BCUT2D eigenvalue weighted by Crippen LogP contribution is -2.45. The predicted octanol–water partition coefficient (Wildman–Crippen LogP) is 3.25. The summed E-state index contributed by atoms with van der Waals surface area (Å²) in [6.07, 6.45) is 1.24. The van der Waals surface area contributed by atoms with Gasteiger partial charge in [0.2, 0.25) is 15.9 Å². The van der Waals surface area contributed by atoms with Crippen LogP contribution in [0.3, 0.4) is 0 Å². The summed E-state index contributed by atoms with van der Waals surface area (Å²) in [5.41, 5.74) is 1.54. The third kappa shape index (κ3) is 5.17. The van der Waals surface area contributed by atoms with Crippen molar-refractivity contribution >= 4 is 15.9 Å². The minimum Gasteiger partial charge on any atom is -0.494 e. The van der Waals surface area contributed by atoms with E-state index in [2.05, 4.69) is 5.32 Å². The number of rotatable bonds is 7. The van der Waals surface area contributed by atoms with Crippen LogP contribution in [0.5, 0.6) is 5.75 Å². The summed E-state index contributed by atoms with van der Waals surface area (Å²) in [6, 6.07) is 10.7. The molecule has 1 unspecified atom stereocenters. The number of hydrogen-bond donors (Lipinski definition) is 1. The molecule has 1 amide bonds. The zero-order valence-corrected chi connectivity index (χ0v) is 18.0. The van der Waals surface area contributed by atoms with E-state index in [1.165, 1.54) is 16.4 Å².